The third-order valence-corrected chi connectivity index (χ3v) is 6.36. The number of benzene rings is 1. The highest BCUT2D eigenvalue weighted by atomic mass is 16.5. The van der Waals surface area contributed by atoms with E-state index >= 15 is 0 Å². The van der Waals surface area contributed by atoms with E-state index in [4.69, 9.17) is 9.47 Å². The quantitative estimate of drug-likeness (QED) is 0.359. The molecule has 2 amide bonds. The lowest BCUT2D eigenvalue weighted by molar-refractivity contribution is -0.116. The molecule has 0 unspecified atom stereocenters. The van der Waals surface area contributed by atoms with Gasteiger partial charge in [-0.05, 0) is 25.0 Å². The minimum atomic E-state index is -0.432. The van der Waals surface area contributed by atoms with Crippen molar-refractivity contribution in [3.8, 4) is 17.1 Å². The van der Waals surface area contributed by atoms with Crippen LogP contribution >= 0.6 is 0 Å². The van der Waals surface area contributed by atoms with Crippen LogP contribution in [0.15, 0.2) is 30.6 Å². The molecule has 0 atom stereocenters. The van der Waals surface area contributed by atoms with Crippen molar-refractivity contribution in [2.24, 2.45) is 7.05 Å². The fourth-order valence-electron chi connectivity index (χ4n) is 4.31. The van der Waals surface area contributed by atoms with Gasteiger partial charge in [-0.25, -0.2) is 4.98 Å². The fourth-order valence-corrected chi connectivity index (χ4v) is 4.31. The first-order valence-electron chi connectivity index (χ1n) is 12.4. The highest BCUT2D eigenvalue weighted by Crippen LogP contribution is 2.37. The Morgan fingerprint density at radius 1 is 1.13 bits per heavy atom. The Balaban J connectivity index is 1.51. The minimum Gasteiger partial charge on any atom is -0.494 e. The van der Waals surface area contributed by atoms with Gasteiger partial charge in [-0.15, -0.1) is 10.2 Å². The van der Waals surface area contributed by atoms with Crippen molar-refractivity contribution in [3.05, 3.63) is 36.3 Å². The molecule has 202 valence electrons. The summed E-state index contributed by atoms with van der Waals surface area (Å²) >= 11 is 0. The van der Waals surface area contributed by atoms with Crippen LogP contribution in [0.2, 0.25) is 0 Å². The van der Waals surface area contributed by atoms with Gasteiger partial charge in [0.1, 0.15) is 6.33 Å². The van der Waals surface area contributed by atoms with E-state index < -0.39 is 5.91 Å². The first-order valence-corrected chi connectivity index (χ1v) is 12.4. The number of para-hydroxylation sites is 1. The van der Waals surface area contributed by atoms with Gasteiger partial charge >= 0.3 is 0 Å². The summed E-state index contributed by atoms with van der Waals surface area (Å²) in [6, 6.07) is 7.03. The average Bonchev–Trinajstić information content (AvgIpc) is 3.37. The van der Waals surface area contributed by atoms with Crippen LogP contribution in [0.1, 0.15) is 29.8 Å². The molecule has 0 bridgehead atoms. The van der Waals surface area contributed by atoms with Crippen molar-refractivity contribution < 1.29 is 19.1 Å². The molecule has 3 N–H and O–H groups in total. The number of hydrogen-bond donors (Lipinski definition) is 3. The largest absolute Gasteiger partial charge is 0.494 e. The van der Waals surface area contributed by atoms with Crippen molar-refractivity contribution >= 4 is 29.0 Å². The second-order valence-electron chi connectivity index (χ2n) is 8.90. The Hall–Kier alpha value is -4.10. The maximum Gasteiger partial charge on any atom is 0.273 e. The Morgan fingerprint density at radius 3 is 2.58 bits per heavy atom. The highest BCUT2D eigenvalue weighted by Gasteiger charge is 2.21. The topological polar surface area (TPSA) is 148 Å². The van der Waals surface area contributed by atoms with E-state index in [1.807, 2.05) is 12.1 Å². The molecule has 1 fully saturated rings. The minimum absolute atomic E-state index is 0.0648. The van der Waals surface area contributed by atoms with Crippen LogP contribution in [0.5, 0.6) is 5.75 Å². The molecule has 13 nitrogen and oxygen atoms in total. The van der Waals surface area contributed by atoms with Crippen LogP contribution in [-0.4, -0.2) is 88.7 Å². The first kappa shape index (κ1) is 26.9. The van der Waals surface area contributed by atoms with Gasteiger partial charge in [0.05, 0.1) is 30.2 Å². The monoisotopic (exact) mass is 523 g/mol. The molecule has 1 aromatic carbocycles. The van der Waals surface area contributed by atoms with Crippen LogP contribution in [-0.2, 0) is 16.6 Å². The zero-order valence-electron chi connectivity index (χ0n) is 22.0. The maximum atomic E-state index is 12.7. The summed E-state index contributed by atoms with van der Waals surface area (Å²) in [5, 5.41) is 21.0. The molecule has 1 saturated heterocycles. The number of aromatic nitrogens is 5. The lowest BCUT2D eigenvalue weighted by atomic mass is 10.1. The number of methoxy groups -OCH3 is 2. The number of nitrogens with zero attached hydrogens (tertiary/aromatic N) is 6. The van der Waals surface area contributed by atoms with Crippen LogP contribution in [0, 0.1) is 0 Å². The van der Waals surface area contributed by atoms with E-state index in [1.54, 1.807) is 44.4 Å². The molecule has 2 aromatic heterocycles. The number of carbonyl (C=O) groups excluding carboxylic acids is 2. The van der Waals surface area contributed by atoms with E-state index in [9.17, 15) is 9.59 Å². The van der Waals surface area contributed by atoms with Crippen LogP contribution in [0.3, 0.4) is 0 Å². The number of likely N-dealkylation sites (tertiary alicyclic amines) is 1. The summed E-state index contributed by atoms with van der Waals surface area (Å²) in [6.45, 7) is 2.44. The van der Waals surface area contributed by atoms with Crippen molar-refractivity contribution in [2.75, 3.05) is 51.5 Å². The van der Waals surface area contributed by atoms with Gasteiger partial charge < -0.3 is 30.3 Å². The van der Waals surface area contributed by atoms with Crippen molar-refractivity contribution in [1.82, 2.24) is 35.2 Å². The molecule has 38 heavy (non-hydrogen) atoms. The summed E-state index contributed by atoms with van der Waals surface area (Å²) in [5.41, 5.74) is 1.65. The second kappa shape index (κ2) is 12.4. The Morgan fingerprint density at radius 2 is 1.92 bits per heavy atom. The third kappa shape index (κ3) is 6.42. The summed E-state index contributed by atoms with van der Waals surface area (Å²) in [4.78, 5) is 31.7. The Labute approximate surface area is 220 Å². The first-order chi connectivity index (χ1) is 18.4. The molecular formula is C25H33N9O4. The number of amides is 2. The van der Waals surface area contributed by atoms with Crippen LogP contribution in [0.4, 0.5) is 17.2 Å². The number of hydrogen-bond acceptors (Lipinski definition) is 10. The number of ether oxygens (including phenoxy) is 2. The number of nitrogens with one attached hydrogen (secondary N) is 3. The summed E-state index contributed by atoms with van der Waals surface area (Å²) in [5.74, 6) is 0.587. The van der Waals surface area contributed by atoms with Gasteiger partial charge in [-0.1, -0.05) is 6.07 Å². The predicted molar refractivity (Wildman–Crippen MR) is 141 cm³/mol. The van der Waals surface area contributed by atoms with Gasteiger partial charge in [0.25, 0.3) is 5.91 Å². The molecule has 1 aliphatic rings. The summed E-state index contributed by atoms with van der Waals surface area (Å²) in [6.07, 6.45) is 4.12. The van der Waals surface area contributed by atoms with Gasteiger partial charge in [-0.2, -0.15) is 5.10 Å². The van der Waals surface area contributed by atoms with E-state index in [1.165, 1.54) is 7.05 Å². The van der Waals surface area contributed by atoms with Gasteiger partial charge in [0, 0.05) is 53.3 Å². The third-order valence-electron chi connectivity index (χ3n) is 6.36. The maximum absolute atomic E-state index is 12.7. The standard InChI is InChI=1S/C25H33N9O4/c1-26-25(36)22-19(28-18-7-5-6-17(23(18)38-4)24-27-15-33(2)32-24)14-20(30-31-22)29-21(35)10-13-34-11-8-16(37-3)9-12-34/h5-7,14-16H,8-13H2,1-4H3,(H,26,36)(H2,28,29,30,35). The van der Waals surface area contributed by atoms with Gasteiger partial charge in [0.2, 0.25) is 5.91 Å². The molecule has 3 aromatic rings. The van der Waals surface area contributed by atoms with Crippen LogP contribution in [0.25, 0.3) is 11.4 Å². The summed E-state index contributed by atoms with van der Waals surface area (Å²) < 4.78 is 12.7. The molecule has 4 rings (SSSR count). The number of piperidine rings is 1. The normalized spacial score (nSPS) is 14.2. The fraction of sp³-hybridized carbons (Fsp3) is 0.440. The average molecular weight is 524 g/mol. The molecule has 0 radical (unpaired) electrons. The lowest BCUT2D eigenvalue weighted by Gasteiger charge is -2.30. The Bertz CT molecular complexity index is 1270. The highest BCUT2D eigenvalue weighted by molar-refractivity contribution is 5.99. The zero-order valence-corrected chi connectivity index (χ0v) is 22.0. The van der Waals surface area contributed by atoms with E-state index in [0.29, 0.717) is 47.6 Å². The SMILES string of the molecule is CNC(=O)c1nnc(NC(=O)CCN2CCC(OC)CC2)cc1Nc1cccc(-c2ncn(C)n2)c1OC. The van der Waals surface area contributed by atoms with Gasteiger partial charge in [0.15, 0.2) is 23.1 Å². The van der Waals surface area contributed by atoms with E-state index in [0.717, 1.165) is 25.9 Å². The number of anilines is 3. The second-order valence-corrected chi connectivity index (χ2v) is 8.90. The van der Waals surface area contributed by atoms with Crippen molar-refractivity contribution in [2.45, 2.75) is 25.4 Å². The van der Waals surface area contributed by atoms with Crippen LogP contribution < -0.4 is 20.7 Å². The van der Waals surface area contributed by atoms with E-state index in [-0.39, 0.29) is 17.4 Å². The molecule has 1 aliphatic heterocycles. The smallest absolute Gasteiger partial charge is 0.273 e. The van der Waals surface area contributed by atoms with Crippen molar-refractivity contribution in [1.29, 1.82) is 0 Å². The predicted octanol–water partition coefficient (Wildman–Crippen LogP) is 1.82. The van der Waals surface area contributed by atoms with Gasteiger partial charge in [-0.3, -0.25) is 14.3 Å². The molecule has 0 aliphatic carbocycles. The Kier molecular flexibility index (Phi) is 8.81. The molecule has 0 spiro atoms. The van der Waals surface area contributed by atoms with E-state index in [2.05, 4.69) is 41.1 Å². The number of aryl methyl sites for hydroxylation is 1. The molecule has 13 heteroatoms. The molecule has 0 saturated carbocycles. The van der Waals surface area contributed by atoms with Crippen molar-refractivity contribution in [3.63, 3.8) is 0 Å². The zero-order chi connectivity index (χ0) is 27.1. The lowest BCUT2D eigenvalue weighted by Crippen LogP contribution is -2.38. The summed E-state index contributed by atoms with van der Waals surface area (Å²) in [7, 11) is 6.56. The number of rotatable bonds is 10. The molecule has 3 heterocycles. The number of carbonyl (C=O) groups is 2. The molecular weight excluding hydrogens is 490 g/mol.